The highest BCUT2D eigenvalue weighted by Crippen LogP contribution is 2.45. The quantitative estimate of drug-likeness (QED) is 0.559. The Kier molecular flexibility index (Phi) is 3.96. The maximum atomic E-state index is 11.1. The van der Waals surface area contributed by atoms with Crippen LogP contribution >= 0.6 is 0 Å². The van der Waals surface area contributed by atoms with Gasteiger partial charge in [-0.1, -0.05) is 6.42 Å². The molecule has 0 unspecified atom stereocenters. The summed E-state index contributed by atoms with van der Waals surface area (Å²) in [6, 6.07) is 0. The number of ether oxygens (including phenoxy) is 3. The van der Waals surface area contributed by atoms with Gasteiger partial charge < -0.3 is 29.5 Å². The monoisotopic (exact) mass is 302 g/mol. The molecule has 0 amide bonds. The van der Waals surface area contributed by atoms with E-state index in [2.05, 4.69) is 0 Å². The number of rotatable bonds is 1. The SMILES string of the molecule is CC(=O)O[C@@H]1[C@@H](O)[C@H](O)[C@H]2OC3(CCCCC3)O[C@H]2[C@H]1O. The molecular weight excluding hydrogens is 280 g/mol. The van der Waals surface area contributed by atoms with Gasteiger partial charge in [-0.25, -0.2) is 0 Å². The second-order valence-corrected chi connectivity index (χ2v) is 6.18. The number of esters is 1. The molecule has 7 nitrogen and oxygen atoms in total. The number of carbonyl (C=O) groups excluding carboxylic acids is 1. The maximum absolute atomic E-state index is 11.1. The van der Waals surface area contributed by atoms with Crippen LogP contribution < -0.4 is 0 Å². The van der Waals surface area contributed by atoms with Gasteiger partial charge in [0.1, 0.15) is 30.5 Å². The van der Waals surface area contributed by atoms with E-state index in [-0.39, 0.29) is 0 Å². The van der Waals surface area contributed by atoms with Gasteiger partial charge >= 0.3 is 5.97 Å². The summed E-state index contributed by atoms with van der Waals surface area (Å²) in [5.74, 6) is -1.42. The standard InChI is InChI=1S/C14H22O7/c1-7(15)19-11-8(16)9(17)12-13(10(11)18)21-14(20-12)5-3-2-4-6-14/h8-13,16-18H,2-6H2,1H3/t8-,9-,10-,11+,12+,13-/m0/s1. The molecule has 1 saturated heterocycles. The zero-order chi connectivity index (χ0) is 15.2. The Labute approximate surface area is 122 Å². The largest absolute Gasteiger partial charge is 0.457 e. The van der Waals surface area contributed by atoms with Crippen molar-refractivity contribution in [3.63, 3.8) is 0 Å². The first-order chi connectivity index (χ1) is 9.93. The molecule has 1 heterocycles. The highest BCUT2D eigenvalue weighted by atomic mass is 16.8. The molecule has 21 heavy (non-hydrogen) atoms. The third kappa shape index (κ3) is 2.57. The van der Waals surface area contributed by atoms with Crippen molar-refractivity contribution < 1.29 is 34.3 Å². The fourth-order valence-electron chi connectivity index (χ4n) is 3.62. The van der Waals surface area contributed by atoms with Gasteiger partial charge in [-0.2, -0.15) is 0 Å². The van der Waals surface area contributed by atoms with E-state index in [0.717, 1.165) is 19.3 Å². The Balaban J connectivity index is 1.80. The van der Waals surface area contributed by atoms with Crippen molar-refractivity contribution in [2.24, 2.45) is 0 Å². The first-order valence-corrected chi connectivity index (χ1v) is 7.51. The van der Waals surface area contributed by atoms with E-state index >= 15 is 0 Å². The number of carbonyl (C=O) groups is 1. The lowest BCUT2D eigenvalue weighted by molar-refractivity contribution is -0.210. The fraction of sp³-hybridized carbons (Fsp3) is 0.929. The molecule has 3 fully saturated rings. The van der Waals surface area contributed by atoms with Crippen molar-refractivity contribution in [2.45, 2.75) is 81.4 Å². The lowest BCUT2D eigenvalue weighted by atomic mass is 9.85. The number of fused-ring (bicyclic) bond motifs is 1. The molecule has 1 aliphatic heterocycles. The molecule has 6 atom stereocenters. The van der Waals surface area contributed by atoms with Gasteiger partial charge in [0.25, 0.3) is 0 Å². The van der Waals surface area contributed by atoms with E-state index in [1.54, 1.807) is 0 Å². The molecule has 0 aromatic rings. The van der Waals surface area contributed by atoms with E-state index in [1.165, 1.54) is 6.92 Å². The normalized spacial score (nSPS) is 45.3. The number of hydrogen-bond acceptors (Lipinski definition) is 7. The average molecular weight is 302 g/mol. The fourth-order valence-corrected chi connectivity index (χ4v) is 3.62. The molecular formula is C14H22O7. The first kappa shape index (κ1) is 15.2. The summed E-state index contributed by atoms with van der Waals surface area (Å²) in [4.78, 5) is 11.1. The van der Waals surface area contributed by atoms with Crippen LogP contribution in [-0.4, -0.2) is 63.7 Å². The van der Waals surface area contributed by atoms with Gasteiger partial charge in [-0.3, -0.25) is 4.79 Å². The molecule has 120 valence electrons. The molecule has 0 bridgehead atoms. The van der Waals surface area contributed by atoms with Crippen molar-refractivity contribution >= 4 is 5.97 Å². The smallest absolute Gasteiger partial charge is 0.303 e. The first-order valence-electron chi connectivity index (χ1n) is 7.51. The minimum atomic E-state index is -1.40. The number of hydrogen-bond donors (Lipinski definition) is 3. The van der Waals surface area contributed by atoms with E-state index in [0.29, 0.717) is 12.8 Å². The topological polar surface area (TPSA) is 105 Å². The van der Waals surface area contributed by atoms with Crippen LogP contribution in [0.4, 0.5) is 0 Å². The Morgan fingerprint density at radius 2 is 1.57 bits per heavy atom. The predicted octanol–water partition coefficient (Wildman–Crippen LogP) is -0.541. The van der Waals surface area contributed by atoms with E-state index in [9.17, 15) is 20.1 Å². The summed E-state index contributed by atoms with van der Waals surface area (Å²) in [6.07, 6.45) is -2.26. The number of aliphatic hydroxyl groups excluding tert-OH is 3. The summed E-state index contributed by atoms with van der Waals surface area (Å²) < 4.78 is 16.7. The van der Waals surface area contributed by atoms with Gasteiger partial charge in [0.05, 0.1) is 0 Å². The molecule has 2 aliphatic carbocycles. The van der Waals surface area contributed by atoms with Crippen molar-refractivity contribution in [1.29, 1.82) is 0 Å². The highest BCUT2D eigenvalue weighted by molar-refractivity contribution is 5.66. The molecule has 0 aromatic heterocycles. The predicted molar refractivity (Wildman–Crippen MR) is 69.1 cm³/mol. The summed E-state index contributed by atoms with van der Waals surface area (Å²) in [5.41, 5.74) is 0. The van der Waals surface area contributed by atoms with Gasteiger partial charge in [-0.15, -0.1) is 0 Å². The van der Waals surface area contributed by atoms with Crippen molar-refractivity contribution in [2.75, 3.05) is 0 Å². The van der Waals surface area contributed by atoms with Crippen LogP contribution in [0.5, 0.6) is 0 Å². The molecule has 0 radical (unpaired) electrons. The zero-order valence-electron chi connectivity index (χ0n) is 12.0. The molecule has 7 heteroatoms. The molecule has 3 N–H and O–H groups in total. The Hall–Kier alpha value is -0.730. The lowest BCUT2D eigenvalue weighted by Gasteiger charge is -2.40. The molecule has 0 aromatic carbocycles. The van der Waals surface area contributed by atoms with E-state index in [1.807, 2.05) is 0 Å². The summed E-state index contributed by atoms with van der Waals surface area (Å²) >= 11 is 0. The summed E-state index contributed by atoms with van der Waals surface area (Å²) in [7, 11) is 0. The van der Waals surface area contributed by atoms with Crippen LogP contribution in [0.1, 0.15) is 39.0 Å². The minimum absolute atomic E-state index is 0.630. The van der Waals surface area contributed by atoms with Gasteiger partial charge in [0.2, 0.25) is 0 Å². The Morgan fingerprint density at radius 3 is 2.14 bits per heavy atom. The van der Waals surface area contributed by atoms with Crippen LogP contribution in [0.2, 0.25) is 0 Å². The minimum Gasteiger partial charge on any atom is -0.457 e. The summed E-state index contributed by atoms with van der Waals surface area (Å²) in [5, 5.41) is 30.6. The third-order valence-electron chi connectivity index (χ3n) is 4.64. The van der Waals surface area contributed by atoms with Crippen LogP contribution in [-0.2, 0) is 19.0 Å². The highest BCUT2D eigenvalue weighted by Gasteiger charge is 2.60. The zero-order valence-corrected chi connectivity index (χ0v) is 12.0. The second kappa shape index (κ2) is 5.48. The summed E-state index contributed by atoms with van der Waals surface area (Å²) in [6.45, 7) is 1.19. The van der Waals surface area contributed by atoms with Crippen molar-refractivity contribution in [3.05, 3.63) is 0 Å². The maximum Gasteiger partial charge on any atom is 0.303 e. The molecule has 1 spiro atoms. The van der Waals surface area contributed by atoms with Crippen LogP contribution in [0.15, 0.2) is 0 Å². The molecule has 3 rings (SSSR count). The van der Waals surface area contributed by atoms with Gasteiger partial charge in [0.15, 0.2) is 11.9 Å². The average Bonchev–Trinajstić information content (AvgIpc) is 2.81. The van der Waals surface area contributed by atoms with Crippen LogP contribution in [0, 0.1) is 0 Å². The third-order valence-corrected chi connectivity index (χ3v) is 4.64. The van der Waals surface area contributed by atoms with Crippen molar-refractivity contribution in [1.82, 2.24) is 0 Å². The van der Waals surface area contributed by atoms with Gasteiger partial charge in [-0.05, 0) is 12.8 Å². The van der Waals surface area contributed by atoms with Crippen molar-refractivity contribution in [3.8, 4) is 0 Å². The number of aliphatic hydroxyl groups is 3. The van der Waals surface area contributed by atoms with E-state index < -0.39 is 48.4 Å². The molecule has 2 saturated carbocycles. The Bertz CT molecular complexity index is 406. The lowest BCUT2D eigenvalue weighted by Crippen LogP contribution is -2.63. The molecule has 3 aliphatic rings. The van der Waals surface area contributed by atoms with Crippen LogP contribution in [0.3, 0.4) is 0 Å². The van der Waals surface area contributed by atoms with Crippen LogP contribution in [0.25, 0.3) is 0 Å². The second-order valence-electron chi connectivity index (χ2n) is 6.18. The van der Waals surface area contributed by atoms with E-state index in [4.69, 9.17) is 14.2 Å². The Morgan fingerprint density at radius 1 is 1.00 bits per heavy atom. The van der Waals surface area contributed by atoms with Gasteiger partial charge in [0, 0.05) is 19.8 Å².